The smallest absolute Gasteiger partial charge is 0.146 e. The van der Waals surface area contributed by atoms with E-state index in [1.165, 1.54) is 98.8 Å². The first-order valence-corrected chi connectivity index (χ1v) is 51.6. The van der Waals surface area contributed by atoms with Crippen LogP contribution in [0.1, 0.15) is 22.6 Å². The third kappa shape index (κ3) is 15.0. The molecule has 6 aromatic heterocycles. The molecule has 0 saturated carbocycles. The molecule has 1 aliphatic rings. The molecule has 21 aromatic rings. The van der Waals surface area contributed by atoms with Crippen molar-refractivity contribution in [1.29, 1.82) is 0 Å². The maximum absolute atomic E-state index is 5.11. The maximum atomic E-state index is 5.11. The van der Waals surface area contributed by atoms with Crippen LogP contribution in [0, 0.1) is 0 Å². The van der Waals surface area contributed by atoms with Gasteiger partial charge in [0.1, 0.15) is 25.4 Å². The second kappa shape index (κ2) is 31.9. The van der Waals surface area contributed by atoms with E-state index in [0.29, 0.717) is 14.4 Å². The quantitative estimate of drug-likeness (QED) is 0.0947. The Bertz CT molecular complexity index is 7000. The van der Waals surface area contributed by atoms with Crippen LogP contribution in [0.2, 0.25) is 0 Å². The fourth-order valence-electron chi connectivity index (χ4n) is 15.6. The first-order chi connectivity index (χ1) is 54.7. The van der Waals surface area contributed by atoms with E-state index in [4.69, 9.17) is 64.6 Å². The van der Waals surface area contributed by atoms with Gasteiger partial charge >= 0.3 is 56.7 Å². The molecule has 0 spiro atoms. The molecule has 2 radical (unpaired) electrons. The molecule has 0 bridgehead atoms. The van der Waals surface area contributed by atoms with Gasteiger partial charge in [-0.2, -0.15) is 8.46 Å². The zero-order valence-electron chi connectivity index (χ0n) is 60.2. The second-order valence-corrected chi connectivity index (χ2v) is 58.8. The summed E-state index contributed by atoms with van der Waals surface area (Å²) < 4.78 is 12.5. The summed E-state index contributed by atoms with van der Waals surface area (Å²) in [5.41, 5.74) is 26.0. The van der Waals surface area contributed by atoms with Crippen LogP contribution < -0.4 is 0 Å². The minimum Gasteiger partial charge on any atom is -0.309 e. The molecule has 2 unspecified atom stereocenters. The number of hydrogen-bond donors (Lipinski definition) is 0. The Balaban J connectivity index is 0.000000109. The normalized spacial score (nSPS) is 12.7. The summed E-state index contributed by atoms with van der Waals surface area (Å²) in [6.07, 6.45) is 1.86. The van der Waals surface area contributed by atoms with Crippen LogP contribution in [0.3, 0.4) is 0 Å². The van der Waals surface area contributed by atoms with Crippen LogP contribution in [0.25, 0.3) is 149 Å². The van der Waals surface area contributed by atoms with Crippen LogP contribution in [0.4, 0.5) is 0 Å². The van der Waals surface area contributed by atoms with Crippen LogP contribution >= 0.6 is 71.5 Å². The molecule has 17 heteroatoms. The van der Waals surface area contributed by atoms with Crippen LogP contribution in [0.5, 0.6) is 0 Å². The predicted octanol–water partition coefficient (Wildman–Crippen LogP) is 28.1. The first kappa shape index (κ1) is 74.2. The molecule has 1 aliphatic carbocycles. The molecule has 22 rings (SSSR count). The van der Waals surface area contributed by atoms with E-state index in [-0.39, 0.29) is 0 Å². The van der Waals surface area contributed by atoms with Gasteiger partial charge in [0.25, 0.3) is 0 Å². The Hall–Kier alpha value is -10.6. The van der Waals surface area contributed by atoms with Crippen molar-refractivity contribution < 1.29 is 9.60 Å². The largest absolute Gasteiger partial charge is 0.309 e. The van der Waals surface area contributed by atoms with Crippen LogP contribution in [-0.4, -0.2) is 51.9 Å². The minimum absolute atomic E-state index is 0.347. The van der Waals surface area contributed by atoms with Gasteiger partial charge in [-0.3, -0.25) is 13.5 Å². The van der Waals surface area contributed by atoms with Gasteiger partial charge in [0.05, 0.1) is 60.7 Å². The van der Waals surface area contributed by atoms with E-state index in [0.717, 1.165) is 71.7 Å². The van der Waals surface area contributed by atoms with Crippen molar-refractivity contribution in [3.8, 4) is 45.3 Å². The molecule has 112 heavy (non-hydrogen) atoms. The summed E-state index contributed by atoms with van der Waals surface area (Å²) >= 11 is 3.61. The summed E-state index contributed by atoms with van der Waals surface area (Å²) in [7, 11) is 26.4. The SMILES string of the molecule is Brc1ccc2c(c1)C(c1ccccc1)c1ccccc1-2.[B]PC.[Cl][Mo]([Cl])([Cl])([Cl])[Cl].c1ccc(-n2c(-c3ccc4c5ccccc5n(-c5ccccc5)c4c3)nc3ccccc32)cc1.c1ccc(-n2c3ccccc3c3cc4c5ccccc5n5c6ccccc6nc5c4cc32)cc1.c1ccc(-n2cnc3ccccc32)cc1. The topological polar surface area (TPSA) is 62.8 Å². The summed E-state index contributed by atoms with van der Waals surface area (Å²) in [5.74, 6) is 1.29. The Morgan fingerprint density at radius 3 is 1.37 bits per heavy atom. The number of para-hydroxylation sites is 13. The van der Waals surface area contributed by atoms with Gasteiger partial charge in [0, 0.05) is 71.0 Å². The molecule has 2 atom stereocenters. The number of aromatic nitrogens is 8. The standard InChI is InChI=1S/C31H19N3.C31H21N3.C19H13Br.C13H10N2.CH4BP.5ClH.Mo/c1-2-10-20(11-3-1)33-27-15-7-5-13-22(27)24-18-23-21-12-4-8-16-28(21)34-29-17-9-6-14-26(29)32-31(34)25(23)19-30(24)33;1-3-11-23(12-4-1)33-28-17-9-7-15-25(28)26-20-19-22(21-30(26)33)31-32-27-16-8-10-18-29(27)34(31)24-13-5-2-6-14-24;20-14-10-11-16-15-8-4-5-9-17(15)19(18(16)12-14)13-6-2-1-3-7-13;1-2-6-11(7-3-1)15-10-14-12-8-4-5-9-13(12)15;1-3-2;;;;;;/h1-19H;1-21H;1-12,19H;1-10H;3H,1H3;5*1H;/q;;;;;;;;;;+5/p-5. The number of nitrogens with zero attached hydrogens (tertiary/aromatic N) is 8. The van der Waals surface area contributed by atoms with E-state index in [1.54, 1.807) is 0 Å². The van der Waals surface area contributed by atoms with Gasteiger partial charge in [-0.1, -0.05) is 259 Å². The third-order valence-corrected chi connectivity index (χ3v) is 20.6. The Morgan fingerprint density at radius 1 is 0.339 bits per heavy atom. The van der Waals surface area contributed by atoms with Crippen LogP contribution in [-0.2, 0) is 9.60 Å². The Morgan fingerprint density at radius 2 is 0.768 bits per heavy atom. The third-order valence-electron chi connectivity index (χ3n) is 20.1. The maximum Gasteiger partial charge on any atom is 0.146 e. The van der Waals surface area contributed by atoms with Gasteiger partial charge in [0.15, 0.2) is 0 Å². The van der Waals surface area contributed by atoms with Gasteiger partial charge < -0.3 is 9.13 Å². The molecule has 0 fully saturated rings. The second-order valence-electron chi connectivity index (χ2n) is 26.9. The number of rotatable bonds is 6. The predicted molar refractivity (Wildman–Crippen MR) is 480 cm³/mol. The van der Waals surface area contributed by atoms with E-state index in [9.17, 15) is 0 Å². The average Bonchev–Trinajstić information content (AvgIpc) is 1.53. The van der Waals surface area contributed by atoms with Crippen molar-refractivity contribution in [3.05, 3.63) is 398 Å². The first-order valence-electron chi connectivity index (χ1n) is 36.4. The summed E-state index contributed by atoms with van der Waals surface area (Å²) in [5, 5.41) is 8.67. The Labute approximate surface area is 679 Å². The average molecular weight is 1720 g/mol. The monoisotopic (exact) mass is 1710 g/mol. The van der Waals surface area contributed by atoms with E-state index >= 15 is 0 Å². The van der Waals surface area contributed by atoms with E-state index in [1.807, 2.05) is 61.5 Å². The molecule has 0 N–H and O–H groups in total. The fourth-order valence-corrected chi connectivity index (χ4v) is 16.0. The van der Waals surface area contributed by atoms with E-state index < -0.39 is 9.60 Å². The molecule has 6 heterocycles. The molecular formula is C95H67BBrCl5MoN8P. The number of hydrogen-bond acceptors (Lipinski definition) is 3. The van der Waals surface area contributed by atoms with Crippen molar-refractivity contribution >= 4 is 183 Å². The van der Waals surface area contributed by atoms with Crippen molar-refractivity contribution in [2.75, 3.05) is 6.66 Å². The molecular weight excluding hydrogens is 1650 g/mol. The minimum atomic E-state index is -4.26. The summed E-state index contributed by atoms with van der Waals surface area (Å²) in [4.78, 5) is 14.5. The summed E-state index contributed by atoms with van der Waals surface area (Å²) in [6.45, 7) is 1.93. The van der Waals surface area contributed by atoms with Crippen LogP contribution in [0.15, 0.2) is 381 Å². The Kier molecular flexibility index (Phi) is 21.1. The van der Waals surface area contributed by atoms with Crippen molar-refractivity contribution in [1.82, 2.24) is 37.6 Å². The molecule has 543 valence electrons. The zero-order valence-corrected chi connectivity index (χ0v) is 68.6. The number of fused-ring (bicyclic) bond motifs is 19. The van der Waals surface area contributed by atoms with Gasteiger partial charge in [-0.05, 0) is 167 Å². The molecule has 15 aromatic carbocycles. The fraction of sp³-hybridized carbons (Fsp3) is 0.0211. The van der Waals surface area contributed by atoms with Gasteiger partial charge in [-0.15, -0.1) is 0 Å². The number of imidazole rings is 3. The zero-order chi connectivity index (χ0) is 76.5. The molecule has 0 saturated heterocycles. The van der Waals surface area contributed by atoms with Crippen molar-refractivity contribution in [3.63, 3.8) is 0 Å². The van der Waals surface area contributed by atoms with Gasteiger partial charge in [0.2, 0.25) is 0 Å². The molecule has 0 amide bonds. The molecule has 8 nitrogen and oxygen atoms in total. The number of pyridine rings is 1. The number of halogens is 6. The number of benzene rings is 15. The molecule has 0 aliphatic heterocycles. The summed E-state index contributed by atoms with van der Waals surface area (Å²) in [6, 6.07) is 130. The van der Waals surface area contributed by atoms with E-state index in [2.05, 4.69) is 365 Å². The van der Waals surface area contributed by atoms with Crippen molar-refractivity contribution in [2.45, 2.75) is 5.92 Å². The van der Waals surface area contributed by atoms with Gasteiger partial charge in [-0.25, -0.2) is 15.0 Å². The van der Waals surface area contributed by atoms with Crippen molar-refractivity contribution in [2.24, 2.45) is 0 Å².